The number of piperazine rings is 1. The van der Waals surface area contributed by atoms with Crippen molar-refractivity contribution in [3.8, 4) is 0 Å². The average Bonchev–Trinajstić information content (AvgIpc) is 2.39. The van der Waals surface area contributed by atoms with Gasteiger partial charge in [-0.05, 0) is 25.1 Å². The lowest BCUT2D eigenvalue weighted by Gasteiger charge is -2.48. The van der Waals surface area contributed by atoms with Gasteiger partial charge in [-0.1, -0.05) is 6.07 Å². The Morgan fingerprint density at radius 1 is 1.26 bits per heavy atom. The maximum Gasteiger partial charge on any atom is 0.416 e. The van der Waals surface area contributed by atoms with E-state index in [1.165, 1.54) is 6.07 Å². The molecule has 19 heavy (non-hydrogen) atoms. The molecule has 0 saturated carbocycles. The minimum absolute atomic E-state index is 0.255. The lowest BCUT2D eigenvalue weighted by atomic mass is 10.1. The standard InChI is InChI=1S/C13H17F3N2O/c1-2-18(19)8-6-17(7-9-18)12-5-3-4-11(10-12)13(14,15)16/h3-5,10H,2,6-9H2,1H3. The fourth-order valence-electron chi connectivity index (χ4n) is 2.28. The van der Waals surface area contributed by atoms with Crippen LogP contribution in [0, 0.1) is 5.21 Å². The number of quaternary nitrogens is 1. The monoisotopic (exact) mass is 274 g/mol. The van der Waals surface area contributed by atoms with E-state index < -0.39 is 11.7 Å². The van der Waals surface area contributed by atoms with Crippen molar-refractivity contribution in [2.75, 3.05) is 37.6 Å². The van der Waals surface area contributed by atoms with Crippen molar-refractivity contribution in [1.82, 2.24) is 0 Å². The molecule has 1 aliphatic rings. The normalized spacial score (nSPS) is 19.5. The number of likely N-dealkylation sites (N-methyl/N-ethyl adjacent to an activating group) is 1. The Morgan fingerprint density at radius 3 is 2.42 bits per heavy atom. The highest BCUT2D eigenvalue weighted by atomic mass is 19.4. The van der Waals surface area contributed by atoms with Crippen molar-refractivity contribution in [2.24, 2.45) is 0 Å². The number of alkyl halides is 3. The van der Waals surface area contributed by atoms with Crippen LogP contribution in [0.25, 0.3) is 0 Å². The lowest BCUT2D eigenvalue weighted by Crippen LogP contribution is -2.56. The summed E-state index contributed by atoms with van der Waals surface area (Å²) in [4.78, 5) is 1.85. The Bertz CT molecular complexity index is 440. The average molecular weight is 274 g/mol. The van der Waals surface area contributed by atoms with Gasteiger partial charge in [-0.3, -0.25) is 0 Å². The van der Waals surface area contributed by atoms with E-state index in [9.17, 15) is 18.4 Å². The van der Waals surface area contributed by atoms with Crippen LogP contribution >= 0.6 is 0 Å². The van der Waals surface area contributed by atoms with Crippen molar-refractivity contribution in [1.29, 1.82) is 0 Å². The molecule has 6 heteroatoms. The zero-order valence-electron chi connectivity index (χ0n) is 10.8. The van der Waals surface area contributed by atoms with E-state index in [0.717, 1.165) is 12.1 Å². The second kappa shape index (κ2) is 5.02. The molecular formula is C13H17F3N2O. The molecule has 0 N–H and O–H groups in total. The smallest absolute Gasteiger partial charge is 0.416 e. The van der Waals surface area contributed by atoms with E-state index in [2.05, 4.69) is 0 Å². The Morgan fingerprint density at radius 2 is 1.89 bits per heavy atom. The van der Waals surface area contributed by atoms with Gasteiger partial charge >= 0.3 is 6.18 Å². The Kier molecular flexibility index (Phi) is 3.73. The third kappa shape index (κ3) is 3.19. The molecule has 0 radical (unpaired) electrons. The third-order valence-electron chi connectivity index (χ3n) is 3.67. The van der Waals surface area contributed by atoms with Crippen molar-refractivity contribution in [3.05, 3.63) is 35.0 Å². The Labute approximate surface area is 110 Å². The van der Waals surface area contributed by atoms with Crippen molar-refractivity contribution in [3.63, 3.8) is 0 Å². The summed E-state index contributed by atoms with van der Waals surface area (Å²) >= 11 is 0. The SMILES string of the molecule is CC[N+]1([O-])CCN(c2cccc(C(F)(F)F)c2)CC1. The summed E-state index contributed by atoms with van der Waals surface area (Å²) in [7, 11) is 0. The number of rotatable bonds is 2. The van der Waals surface area contributed by atoms with E-state index in [1.807, 2.05) is 11.8 Å². The number of halogens is 3. The van der Waals surface area contributed by atoms with Gasteiger partial charge in [-0.2, -0.15) is 13.2 Å². The summed E-state index contributed by atoms with van der Waals surface area (Å²) in [5.74, 6) is 0. The molecule has 0 aliphatic carbocycles. The zero-order chi connectivity index (χ0) is 14.1. The molecule has 1 fully saturated rings. The lowest BCUT2D eigenvalue weighted by molar-refractivity contribution is -0.879. The maximum absolute atomic E-state index is 12.6. The fourth-order valence-corrected chi connectivity index (χ4v) is 2.28. The summed E-state index contributed by atoms with van der Waals surface area (Å²) < 4.78 is 37.7. The molecular weight excluding hydrogens is 257 g/mol. The summed E-state index contributed by atoms with van der Waals surface area (Å²) in [6, 6.07) is 5.28. The fraction of sp³-hybridized carbons (Fsp3) is 0.538. The van der Waals surface area contributed by atoms with E-state index in [0.29, 0.717) is 38.4 Å². The zero-order valence-corrected chi connectivity index (χ0v) is 10.8. The van der Waals surface area contributed by atoms with Crippen LogP contribution in [0.4, 0.5) is 18.9 Å². The molecule has 106 valence electrons. The highest BCUT2D eigenvalue weighted by Gasteiger charge is 2.31. The molecule has 0 spiro atoms. The number of nitrogens with zero attached hydrogens (tertiary/aromatic N) is 2. The van der Waals surface area contributed by atoms with Crippen LogP contribution in [0.15, 0.2) is 24.3 Å². The second-order valence-corrected chi connectivity index (χ2v) is 4.86. The molecule has 1 aromatic carbocycles. The maximum atomic E-state index is 12.6. The quantitative estimate of drug-likeness (QED) is 0.612. The van der Waals surface area contributed by atoms with E-state index in [4.69, 9.17) is 0 Å². The first kappa shape index (κ1) is 14.1. The van der Waals surface area contributed by atoms with Gasteiger partial charge in [0.05, 0.1) is 38.3 Å². The van der Waals surface area contributed by atoms with Crippen LogP contribution in [-0.2, 0) is 6.18 Å². The minimum atomic E-state index is -4.33. The number of hydrogen-bond donors (Lipinski definition) is 0. The molecule has 0 amide bonds. The molecule has 0 aromatic heterocycles. The second-order valence-electron chi connectivity index (χ2n) is 4.86. The number of benzene rings is 1. The van der Waals surface area contributed by atoms with Gasteiger partial charge in [0.15, 0.2) is 0 Å². The van der Waals surface area contributed by atoms with E-state index in [-0.39, 0.29) is 4.65 Å². The molecule has 1 aliphatic heterocycles. The molecule has 1 aromatic rings. The Hall–Kier alpha value is -1.27. The van der Waals surface area contributed by atoms with Crippen LogP contribution < -0.4 is 4.90 Å². The molecule has 0 unspecified atom stereocenters. The van der Waals surface area contributed by atoms with E-state index >= 15 is 0 Å². The largest absolute Gasteiger partial charge is 0.633 e. The first-order valence-electron chi connectivity index (χ1n) is 6.33. The summed E-state index contributed by atoms with van der Waals surface area (Å²) in [6.07, 6.45) is -4.33. The molecule has 0 atom stereocenters. The van der Waals surface area contributed by atoms with Gasteiger partial charge in [0.1, 0.15) is 0 Å². The van der Waals surface area contributed by atoms with Gasteiger partial charge in [-0.25, -0.2) is 0 Å². The number of hydroxylamine groups is 3. The van der Waals surface area contributed by atoms with Gasteiger partial charge in [0.2, 0.25) is 0 Å². The molecule has 2 rings (SSSR count). The van der Waals surface area contributed by atoms with Gasteiger partial charge in [0.25, 0.3) is 0 Å². The van der Waals surface area contributed by atoms with E-state index in [1.54, 1.807) is 6.07 Å². The number of anilines is 1. The predicted molar refractivity (Wildman–Crippen MR) is 67.6 cm³/mol. The van der Waals surface area contributed by atoms with Gasteiger partial charge in [0, 0.05) is 5.69 Å². The molecule has 1 saturated heterocycles. The Balaban J connectivity index is 2.12. The highest BCUT2D eigenvalue weighted by Crippen LogP contribution is 2.32. The van der Waals surface area contributed by atoms with Crippen LogP contribution in [0.3, 0.4) is 0 Å². The molecule has 3 nitrogen and oxygen atoms in total. The predicted octanol–water partition coefficient (Wildman–Crippen LogP) is 2.86. The van der Waals surface area contributed by atoms with Crippen molar-refractivity contribution in [2.45, 2.75) is 13.1 Å². The van der Waals surface area contributed by atoms with Crippen LogP contribution in [-0.4, -0.2) is 37.4 Å². The van der Waals surface area contributed by atoms with Gasteiger partial charge in [-0.15, -0.1) is 0 Å². The van der Waals surface area contributed by atoms with Crippen LogP contribution in [0.2, 0.25) is 0 Å². The molecule has 0 bridgehead atoms. The van der Waals surface area contributed by atoms with Gasteiger partial charge < -0.3 is 14.8 Å². The summed E-state index contributed by atoms with van der Waals surface area (Å²) in [5.41, 5.74) is -0.105. The van der Waals surface area contributed by atoms with Crippen LogP contribution in [0.1, 0.15) is 12.5 Å². The minimum Gasteiger partial charge on any atom is -0.633 e. The first-order chi connectivity index (χ1) is 8.84. The first-order valence-corrected chi connectivity index (χ1v) is 6.33. The summed E-state index contributed by atoms with van der Waals surface area (Å²) in [6.45, 7) is 4.19. The van der Waals surface area contributed by atoms with Crippen molar-refractivity contribution < 1.29 is 17.8 Å². The third-order valence-corrected chi connectivity index (χ3v) is 3.67. The number of hydrogen-bond acceptors (Lipinski definition) is 2. The van der Waals surface area contributed by atoms with Crippen molar-refractivity contribution >= 4 is 5.69 Å². The van der Waals surface area contributed by atoms with Crippen LogP contribution in [0.5, 0.6) is 0 Å². The summed E-state index contributed by atoms with van der Waals surface area (Å²) in [5, 5.41) is 12.0. The molecule has 1 heterocycles. The topological polar surface area (TPSA) is 26.3 Å². The highest BCUT2D eigenvalue weighted by molar-refractivity contribution is 5.49.